The molecule has 1 atom stereocenters. The number of ether oxygens (including phenoxy) is 3. The summed E-state index contributed by atoms with van der Waals surface area (Å²) in [7, 11) is 0. The highest BCUT2D eigenvalue weighted by molar-refractivity contribution is 5.71. The van der Waals surface area contributed by atoms with E-state index in [1.165, 1.54) is 161 Å². The van der Waals surface area contributed by atoms with Gasteiger partial charge in [-0.05, 0) is 109 Å². The number of esters is 3. The first-order valence-electron chi connectivity index (χ1n) is 28.8. The predicted molar refractivity (Wildman–Crippen MR) is 288 cm³/mol. The average molecular weight is 938 g/mol. The maximum atomic E-state index is 12.9. The topological polar surface area (TPSA) is 78.9 Å². The Kier molecular flexibility index (Phi) is 53.3. The third-order valence-electron chi connectivity index (χ3n) is 12.5. The first-order chi connectivity index (χ1) is 33.0. The number of allylic oxidation sites excluding steroid dienone is 10. The first-order valence-corrected chi connectivity index (χ1v) is 28.8. The van der Waals surface area contributed by atoms with Crippen LogP contribution in [0.3, 0.4) is 0 Å². The Bertz CT molecular complexity index is 1210. The van der Waals surface area contributed by atoms with Gasteiger partial charge in [-0.2, -0.15) is 0 Å². The van der Waals surface area contributed by atoms with E-state index in [0.717, 1.165) is 89.9 Å². The molecule has 0 spiro atoms. The molecule has 0 rings (SSSR count). The largest absolute Gasteiger partial charge is 0.462 e. The summed E-state index contributed by atoms with van der Waals surface area (Å²) in [6, 6.07) is 0. The minimum absolute atomic E-state index is 0.0867. The van der Waals surface area contributed by atoms with Crippen molar-refractivity contribution >= 4 is 17.9 Å². The molecule has 0 heterocycles. The van der Waals surface area contributed by atoms with Crippen LogP contribution in [0.2, 0.25) is 0 Å². The molecule has 0 fully saturated rings. The Morgan fingerprint density at radius 3 is 0.881 bits per heavy atom. The third-order valence-corrected chi connectivity index (χ3v) is 12.5. The zero-order chi connectivity index (χ0) is 48.6. The number of carbonyl (C=O) groups excluding carboxylic acids is 3. The summed E-state index contributed by atoms with van der Waals surface area (Å²) in [5.41, 5.74) is 0. The van der Waals surface area contributed by atoms with E-state index in [9.17, 15) is 14.4 Å². The molecular formula is C61H108O6. The summed E-state index contributed by atoms with van der Waals surface area (Å²) in [6.07, 6.45) is 69.2. The zero-order valence-corrected chi connectivity index (χ0v) is 44.4. The number of hydrogen-bond donors (Lipinski definition) is 0. The van der Waals surface area contributed by atoms with Crippen molar-refractivity contribution in [3.63, 3.8) is 0 Å². The second-order valence-electron chi connectivity index (χ2n) is 19.2. The minimum Gasteiger partial charge on any atom is -0.462 e. The van der Waals surface area contributed by atoms with Gasteiger partial charge in [0.2, 0.25) is 0 Å². The van der Waals surface area contributed by atoms with E-state index in [-0.39, 0.29) is 31.1 Å². The fourth-order valence-electron chi connectivity index (χ4n) is 8.09. The standard InChI is InChI=1S/C61H108O6/c1-4-7-10-13-16-19-22-25-28-30-33-36-39-42-45-48-51-54-60(63)66-57-58(56-65-59(62)53-50-47-44-41-38-35-32-27-24-21-18-15-12-9-6-3)67-61(64)55-52-49-46-43-40-37-34-31-29-26-23-20-17-14-11-8-5-2/h16,19,25-29,32-33,36,58H,4-15,17-18,20-24,30-31,34-35,37-57H2,1-3H3/b19-16-,28-25-,29-26-,32-27-,36-33-/t58-/m1/s1. The Balaban J connectivity index is 4.43. The van der Waals surface area contributed by atoms with Crippen molar-refractivity contribution in [1.29, 1.82) is 0 Å². The highest BCUT2D eigenvalue weighted by Gasteiger charge is 2.19. The molecule has 0 aliphatic carbocycles. The SMILES string of the molecule is CCCCC/C=C\C/C=C\C/C=C\CCCCCCC(=O)OC[C@@H](COC(=O)CCCCCCC/C=C\CCCCCCCC)OC(=O)CCCCCCCCC/C=C\CCCCCCCC. The summed E-state index contributed by atoms with van der Waals surface area (Å²) in [4.78, 5) is 38.1. The lowest BCUT2D eigenvalue weighted by atomic mass is 10.1. The van der Waals surface area contributed by atoms with E-state index >= 15 is 0 Å². The highest BCUT2D eigenvalue weighted by Crippen LogP contribution is 2.15. The predicted octanol–water partition coefficient (Wildman–Crippen LogP) is 19.2. The molecule has 0 aliphatic rings. The number of carbonyl (C=O) groups is 3. The minimum atomic E-state index is -0.789. The van der Waals surface area contributed by atoms with Gasteiger partial charge in [0, 0.05) is 19.3 Å². The number of hydrogen-bond acceptors (Lipinski definition) is 6. The van der Waals surface area contributed by atoms with E-state index < -0.39 is 6.10 Å². The number of unbranched alkanes of at least 4 members (excludes halogenated alkanes) is 31. The Hall–Kier alpha value is -2.89. The summed E-state index contributed by atoms with van der Waals surface area (Å²) in [5, 5.41) is 0. The van der Waals surface area contributed by atoms with Gasteiger partial charge >= 0.3 is 17.9 Å². The van der Waals surface area contributed by atoms with Gasteiger partial charge in [0.15, 0.2) is 6.10 Å². The molecule has 0 aliphatic heterocycles. The van der Waals surface area contributed by atoms with Crippen molar-refractivity contribution in [3.8, 4) is 0 Å². The van der Waals surface area contributed by atoms with Crippen molar-refractivity contribution in [2.75, 3.05) is 13.2 Å². The Morgan fingerprint density at radius 1 is 0.299 bits per heavy atom. The van der Waals surface area contributed by atoms with Crippen LogP contribution in [0.5, 0.6) is 0 Å². The third kappa shape index (κ3) is 53.9. The molecule has 0 bridgehead atoms. The van der Waals surface area contributed by atoms with Crippen LogP contribution < -0.4 is 0 Å². The second kappa shape index (κ2) is 55.7. The van der Waals surface area contributed by atoms with Gasteiger partial charge in [0.25, 0.3) is 0 Å². The quantitative estimate of drug-likeness (QED) is 0.0262. The summed E-state index contributed by atoms with van der Waals surface area (Å²) < 4.78 is 16.8. The molecule has 0 unspecified atom stereocenters. The maximum absolute atomic E-state index is 12.9. The monoisotopic (exact) mass is 937 g/mol. The van der Waals surface area contributed by atoms with E-state index in [1.807, 2.05) is 0 Å². The smallest absolute Gasteiger partial charge is 0.306 e. The van der Waals surface area contributed by atoms with E-state index in [1.54, 1.807) is 0 Å². The van der Waals surface area contributed by atoms with Crippen LogP contribution in [0.1, 0.15) is 290 Å². The molecule has 0 N–H and O–H groups in total. The molecule has 0 radical (unpaired) electrons. The first kappa shape index (κ1) is 64.1. The molecule has 0 saturated heterocycles. The summed E-state index contributed by atoms with van der Waals surface area (Å²) >= 11 is 0. The molecule has 0 aromatic rings. The van der Waals surface area contributed by atoms with Crippen LogP contribution in [-0.2, 0) is 28.6 Å². The fraction of sp³-hybridized carbons (Fsp3) is 0.787. The molecule has 0 aromatic heterocycles. The van der Waals surface area contributed by atoms with Crippen molar-refractivity contribution in [3.05, 3.63) is 60.8 Å². The molecule has 0 amide bonds. The van der Waals surface area contributed by atoms with Gasteiger partial charge < -0.3 is 14.2 Å². The lowest BCUT2D eigenvalue weighted by Crippen LogP contribution is -2.30. The molecule has 6 heteroatoms. The normalized spacial score (nSPS) is 12.5. The molecule has 6 nitrogen and oxygen atoms in total. The number of rotatable bonds is 52. The van der Waals surface area contributed by atoms with Gasteiger partial charge in [0.1, 0.15) is 13.2 Å². The lowest BCUT2D eigenvalue weighted by molar-refractivity contribution is -0.167. The van der Waals surface area contributed by atoms with Crippen LogP contribution in [-0.4, -0.2) is 37.2 Å². The van der Waals surface area contributed by atoms with Gasteiger partial charge in [-0.3, -0.25) is 14.4 Å². The molecule has 67 heavy (non-hydrogen) atoms. The lowest BCUT2D eigenvalue weighted by Gasteiger charge is -2.18. The molecule has 0 saturated carbocycles. The highest BCUT2D eigenvalue weighted by atomic mass is 16.6. The van der Waals surface area contributed by atoms with E-state index in [2.05, 4.69) is 81.5 Å². The van der Waals surface area contributed by atoms with Gasteiger partial charge in [-0.15, -0.1) is 0 Å². The van der Waals surface area contributed by atoms with Crippen LogP contribution >= 0.6 is 0 Å². The van der Waals surface area contributed by atoms with Crippen LogP contribution in [0, 0.1) is 0 Å². The van der Waals surface area contributed by atoms with Crippen LogP contribution in [0.15, 0.2) is 60.8 Å². The van der Waals surface area contributed by atoms with Crippen molar-refractivity contribution < 1.29 is 28.6 Å². The van der Waals surface area contributed by atoms with Gasteiger partial charge in [-0.1, -0.05) is 223 Å². The Morgan fingerprint density at radius 2 is 0.537 bits per heavy atom. The van der Waals surface area contributed by atoms with Gasteiger partial charge in [0.05, 0.1) is 0 Å². The molecule has 0 aromatic carbocycles. The molecular weight excluding hydrogens is 829 g/mol. The van der Waals surface area contributed by atoms with Crippen LogP contribution in [0.4, 0.5) is 0 Å². The Labute approximate surface area is 415 Å². The second-order valence-corrected chi connectivity index (χ2v) is 19.2. The maximum Gasteiger partial charge on any atom is 0.306 e. The van der Waals surface area contributed by atoms with Crippen molar-refractivity contribution in [2.24, 2.45) is 0 Å². The fourth-order valence-corrected chi connectivity index (χ4v) is 8.09. The van der Waals surface area contributed by atoms with E-state index in [0.29, 0.717) is 19.3 Å². The summed E-state index contributed by atoms with van der Waals surface area (Å²) in [6.45, 7) is 6.59. The van der Waals surface area contributed by atoms with Gasteiger partial charge in [-0.25, -0.2) is 0 Å². The average Bonchev–Trinajstić information content (AvgIpc) is 3.33. The van der Waals surface area contributed by atoms with Crippen molar-refractivity contribution in [1.82, 2.24) is 0 Å². The van der Waals surface area contributed by atoms with Crippen molar-refractivity contribution in [2.45, 2.75) is 297 Å². The summed E-state index contributed by atoms with van der Waals surface area (Å²) in [5.74, 6) is -0.911. The zero-order valence-electron chi connectivity index (χ0n) is 44.4. The molecule has 388 valence electrons. The van der Waals surface area contributed by atoms with Crippen LogP contribution in [0.25, 0.3) is 0 Å². The van der Waals surface area contributed by atoms with E-state index in [4.69, 9.17) is 14.2 Å².